The third kappa shape index (κ3) is 5.77. The largest absolute Gasteiger partial charge is 0.337 e. The minimum atomic E-state index is -3.49. The number of Topliss-reactive ketones (excluding diaryl/α,β-unsaturated/α-hetero) is 1. The number of nitrogens with zero attached hydrogens (tertiary/aromatic N) is 1. The van der Waals surface area contributed by atoms with Crippen molar-refractivity contribution in [3.8, 4) is 0 Å². The molecule has 0 fully saturated rings. The van der Waals surface area contributed by atoms with E-state index in [-0.39, 0.29) is 6.54 Å². The SMILES string of the molecule is COP(=O)(CC(=O)CC(=O)N(O)Cc1ccccc1)OC. The first kappa shape index (κ1) is 17.5. The molecule has 0 heterocycles. The van der Waals surface area contributed by atoms with Crippen LogP contribution in [0.4, 0.5) is 0 Å². The van der Waals surface area contributed by atoms with Gasteiger partial charge in [0.25, 0.3) is 5.91 Å². The molecule has 0 radical (unpaired) electrons. The van der Waals surface area contributed by atoms with Crippen LogP contribution in [0, 0.1) is 0 Å². The van der Waals surface area contributed by atoms with Crippen LogP contribution >= 0.6 is 7.60 Å². The normalized spacial score (nSPS) is 11.2. The average molecular weight is 315 g/mol. The molecule has 0 saturated carbocycles. The smallest absolute Gasteiger partial charge is 0.312 e. The summed E-state index contributed by atoms with van der Waals surface area (Å²) in [4.78, 5) is 23.4. The average Bonchev–Trinajstić information content (AvgIpc) is 2.47. The van der Waals surface area contributed by atoms with Crippen molar-refractivity contribution in [3.63, 3.8) is 0 Å². The molecule has 1 N–H and O–H groups in total. The van der Waals surface area contributed by atoms with E-state index in [1.807, 2.05) is 6.07 Å². The summed E-state index contributed by atoms with van der Waals surface area (Å²) in [7, 11) is -1.17. The number of hydroxylamine groups is 2. The fourth-order valence-electron chi connectivity index (χ4n) is 1.58. The highest BCUT2D eigenvalue weighted by atomic mass is 31.2. The summed E-state index contributed by atoms with van der Waals surface area (Å²) in [6.07, 6.45) is -1.08. The number of amides is 1. The zero-order valence-corrected chi connectivity index (χ0v) is 12.8. The van der Waals surface area contributed by atoms with Gasteiger partial charge in [-0.1, -0.05) is 30.3 Å². The Hall–Kier alpha value is -1.53. The molecule has 0 aromatic heterocycles. The van der Waals surface area contributed by atoms with Crippen molar-refractivity contribution in [2.45, 2.75) is 13.0 Å². The molecule has 7 nitrogen and oxygen atoms in total. The molecule has 0 spiro atoms. The van der Waals surface area contributed by atoms with Crippen molar-refractivity contribution in [1.29, 1.82) is 0 Å². The topological polar surface area (TPSA) is 93.1 Å². The quantitative estimate of drug-likeness (QED) is 0.340. The highest BCUT2D eigenvalue weighted by Gasteiger charge is 2.27. The van der Waals surface area contributed by atoms with Crippen LogP contribution in [0.2, 0.25) is 0 Å². The van der Waals surface area contributed by atoms with E-state index in [0.717, 1.165) is 19.8 Å². The van der Waals surface area contributed by atoms with Crippen LogP contribution in [0.5, 0.6) is 0 Å². The van der Waals surface area contributed by atoms with Gasteiger partial charge in [-0.05, 0) is 5.56 Å². The van der Waals surface area contributed by atoms with E-state index in [9.17, 15) is 19.4 Å². The number of hydrogen-bond donors (Lipinski definition) is 1. The van der Waals surface area contributed by atoms with E-state index in [2.05, 4.69) is 9.05 Å². The molecule has 0 unspecified atom stereocenters. The van der Waals surface area contributed by atoms with Gasteiger partial charge in [0.2, 0.25) is 0 Å². The van der Waals surface area contributed by atoms with E-state index in [1.54, 1.807) is 24.3 Å². The standard InChI is InChI=1S/C13H18NO6P/c1-19-21(18,20-2)10-12(15)8-13(16)14(17)9-11-6-4-3-5-7-11/h3-7,17H,8-10H2,1-2H3. The second-order valence-corrected chi connectivity index (χ2v) is 6.55. The lowest BCUT2D eigenvalue weighted by atomic mass is 10.2. The molecule has 116 valence electrons. The first-order valence-electron chi connectivity index (χ1n) is 6.15. The van der Waals surface area contributed by atoms with Gasteiger partial charge in [0.15, 0.2) is 5.78 Å². The molecule has 0 atom stereocenters. The van der Waals surface area contributed by atoms with Gasteiger partial charge in [-0.25, -0.2) is 5.06 Å². The summed E-state index contributed by atoms with van der Waals surface area (Å²) >= 11 is 0. The molecule has 8 heteroatoms. The van der Waals surface area contributed by atoms with E-state index >= 15 is 0 Å². The predicted molar refractivity (Wildman–Crippen MR) is 74.9 cm³/mol. The maximum absolute atomic E-state index is 11.8. The highest BCUT2D eigenvalue weighted by molar-refractivity contribution is 7.54. The van der Waals surface area contributed by atoms with Gasteiger partial charge >= 0.3 is 7.60 Å². The number of benzene rings is 1. The summed E-state index contributed by atoms with van der Waals surface area (Å²) in [6.45, 7) is -0.0286. The molecule has 0 bridgehead atoms. The van der Waals surface area contributed by atoms with Crippen LogP contribution in [0.15, 0.2) is 30.3 Å². The van der Waals surface area contributed by atoms with Crippen molar-refractivity contribution in [3.05, 3.63) is 35.9 Å². The summed E-state index contributed by atoms with van der Waals surface area (Å²) in [5, 5.41) is 10.1. The van der Waals surface area contributed by atoms with Crippen LogP contribution < -0.4 is 0 Å². The summed E-state index contributed by atoms with van der Waals surface area (Å²) < 4.78 is 21.0. The molecule has 1 aromatic carbocycles. The van der Waals surface area contributed by atoms with Crippen LogP contribution in [-0.2, 0) is 29.7 Å². The van der Waals surface area contributed by atoms with Crippen LogP contribution in [-0.4, -0.2) is 42.3 Å². The van der Waals surface area contributed by atoms with Gasteiger partial charge in [-0.15, -0.1) is 0 Å². The Bertz CT molecular complexity index is 525. The highest BCUT2D eigenvalue weighted by Crippen LogP contribution is 2.46. The molecule has 0 aliphatic heterocycles. The first-order chi connectivity index (χ1) is 9.90. The van der Waals surface area contributed by atoms with Crippen molar-refractivity contribution >= 4 is 19.3 Å². The molecule has 0 aliphatic rings. The van der Waals surface area contributed by atoms with Crippen molar-refractivity contribution in [2.75, 3.05) is 20.4 Å². The van der Waals surface area contributed by atoms with Gasteiger partial charge in [0.1, 0.15) is 6.16 Å². The van der Waals surface area contributed by atoms with Gasteiger partial charge in [0.05, 0.1) is 13.0 Å². The number of carbonyl (C=O) groups excluding carboxylic acids is 2. The number of ketones is 1. The Labute approximate surface area is 123 Å². The second kappa shape index (κ2) is 8.05. The Morgan fingerprint density at radius 3 is 2.29 bits per heavy atom. The number of rotatable bonds is 8. The third-order valence-corrected chi connectivity index (χ3v) is 4.59. The molecule has 21 heavy (non-hydrogen) atoms. The van der Waals surface area contributed by atoms with Crippen molar-refractivity contribution < 1.29 is 28.4 Å². The van der Waals surface area contributed by atoms with Gasteiger partial charge in [-0.3, -0.25) is 19.4 Å². The van der Waals surface area contributed by atoms with Crippen molar-refractivity contribution in [2.24, 2.45) is 0 Å². The van der Waals surface area contributed by atoms with E-state index in [0.29, 0.717) is 5.06 Å². The lowest BCUT2D eigenvalue weighted by molar-refractivity contribution is -0.168. The molecule has 0 aliphatic carbocycles. The minimum Gasteiger partial charge on any atom is -0.312 e. The maximum Gasteiger partial charge on any atom is 0.337 e. The fraction of sp³-hybridized carbons (Fsp3) is 0.385. The molecular weight excluding hydrogens is 297 g/mol. The lowest BCUT2D eigenvalue weighted by Gasteiger charge is -2.16. The predicted octanol–water partition coefficient (Wildman–Crippen LogP) is 1.85. The lowest BCUT2D eigenvalue weighted by Crippen LogP contribution is -2.29. The van der Waals surface area contributed by atoms with Gasteiger partial charge in [-0.2, -0.15) is 0 Å². The van der Waals surface area contributed by atoms with E-state index < -0.39 is 31.9 Å². The van der Waals surface area contributed by atoms with Gasteiger partial charge < -0.3 is 9.05 Å². The molecule has 1 aromatic rings. The number of hydrogen-bond acceptors (Lipinski definition) is 6. The first-order valence-corrected chi connectivity index (χ1v) is 7.88. The summed E-state index contributed by atoms with van der Waals surface area (Å²) in [6, 6.07) is 8.83. The Morgan fingerprint density at radius 1 is 1.19 bits per heavy atom. The zero-order valence-electron chi connectivity index (χ0n) is 11.9. The monoisotopic (exact) mass is 315 g/mol. The molecular formula is C13H18NO6P. The van der Waals surface area contributed by atoms with E-state index in [4.69, 9.17) is 0 Å². The van der Waals surface area contributed by atoms with E-state index in [1.165, 1.54) is 0 Å². The Kier molecular flexibility index (Phi) is 6.71. The summed E-state index contributed by atoms with van der Waals surface area (Å²) in [5.41, 5.74) is 0.722. The Balaban J connectivity index is 2.52. The van der Waals surface area contributed by atoms with Gasteiger partial charge in [0, 0.05) is 14.2 Å². The van der Waals surface area contributed by atoms with Crippen LogP contribution in [0.3, 0.4) is 0 Å². The minimum absolute atomic E-state index is 0.0286. The second-order valence-electron chi connectivity index (χ2n) is 4.29. The molecule has 0 saturated heterocycles. The Morgan fingerprint density at radius 2 is 1.76 bits per heavy atom. The van der Waals surface area contributed by atoms with Crippen molar-refractivity contribution in [1.82, 2.24) is 5.06 Å². The maximum atomic E-state index is 11.8. The van der Waals surface area contributed by atoms with Crippen LogP contribution in [0.1, 0.15) is 12.0 Å². The fourth-order valence-corrected chi connectivity index (χ4v) is 2.53. The zero-order chi connectivity index (χ0) is 15.9. The third-order valence-electron chi connectivity index (χ3n) is 2.74. The van der Waals surface area contributed by atoms with Crippen LogP contribution in [0.25, 0.3) is 0 Å². The molecule has 1 amide bonds. The number of carbonyl (C=O) groups is 2. The summed E-state index contributed by atoms with van der Waals surface area (Å²) in [5.74, 6) is -1.40. The molecule has 1 rings (SSSR count).